The highest BCUT2D eigenvalue weighted by molar-refractivity contribution is 5.98. The first-order valence-corrected chi connectivity index (χ1v) is 11.6. The molecule has 15 heteroatoms. The van der Waals surface area contributed by atoms with Crippen LogP contribution in [0, 0.1) is 5.82 Å². The number of benzene rings is 2. The molecule has 0 unspecified atom stereocenters. The molecule has 0 radical (unpaired) electrons. The Bertz CT molecular complexity index is 1620. The smallest absolute Gasteiger partial charge is 0.482 e. The molecule has 0 spiro atoms. The van der Waals surface area contributed by atoms with Gasteiger partial charge in [-0.3, -0.25) is 14.4 Å². The summed E-state index contributed by atoms with van der Waals surface area (Å²) in [7, 11) is 0. The highest BCUT2D eigenvalue weighted by Crippen LogP contribution is 2.28. The number of alkyl halides is 3. The van der Waals surface area contributed by atoms with Crippen LogP contribution in [0.5, 0.6) is 11.5 Å². The molecule has 1 aliphatic rings. The Balaban J connectivity index is 1.29. The third-order valence-corrected chi connectivity index (χ3v) is 5.63. The maximum absolute atomic E-state index is 14.3. The summed E-state index contributed by atoms with van der Waals surface area (Å²) in [6, 6.07) is 10.9. The first-order chi connectivity index (χ1) is 19.1. The zero-order chi connectivity index (χ0) is 28.4. The van der Waals surface area contributed by atoms with Gasteiger partial charge in [0.25, 0.3) is 17.7 Å². The highest BCUT2D eigenvalue weighted by atomic mass is 19.4. The molecule has 0 saturated carbocycles. The fourth-order valence-electron chi connectivity index (χ4n) is 3.81. The number of amides is 3. The number of fused-ring (bicyclic) bond motifs is 2. The maximum Gasteiger partial charge on any atom is 0.573 e. The minimum absolute atomic E-state index is 0.0200. The molecule has 4 aromatic rings. The van der Waals surface area contributed by atoms with Gasteiger partial charge >= 0.3 is 6.36 Å². The molecule has 5 rings (SSSR count). The van der Waals surface area contributed by atoms with E-state index in [1.165, 1.54) is 12.1 Å². The summed E-state index contributed by atoms with van der Waals surface area (Å²) in [6.45, 7) is -0.174. The summed E-state index contributed by atoms with van der Waals surface area (Å²) in [5.41, 5.74) is 0.694. The second-order valence-corrected chi connectivity index (χ2v) is 8.48. The van der Waals surface area contributed by atoms with E-state index >= 15 is 0 Å². The summed E-state index contributed by atoms with van der Waals surface area (Å²) in [6.07, 6.45) is -4.00. The van der Waals surface area contributed by atoms with Crippen molar-refractivity contribution in [2.75, 3.05) is 11.9 Å². The number of rotatable bonds is 7. The number of carbonyl (C=O) groups excluding carboxylic acids is 3. The van der Waals surface area contributed by atoms with Crippen LogP contribution in [0.1, 0.15) is 32.1 Å². The van der Waals surface area contributed by atoms with Crippen molar-refractivity contribution >= 4 is 29.1 Å². The molecular formula is C25H18F4N6O5. The Labute approximate surface area is 222 Å². The number of anilines is 1. The molecule has 2 aromatic heterocycles. The molecule has 0 saturated heterocycles. The average Bonchev–Trinajstić information content (AvgIpc) is 3.30. The minimum Gasteiger partial charge on any atom is -0.482 e. The summed E-state index contributed by atoms with van der Waals surface area (Å²) in [5.74, 6) is -2.57. The van der Waals surface area contributed by atoms with E-state index in [0.29, 0.717) is 22.6 Å². The van der Waals surface area contributed by atoms with Crippen molar-refractivity contribution in [3.05, 3.63) is 83.1 Å². The predicted molar refractivity (Wildman–Crippen MR) is 129 cm³/mol. The first kappa shape index (κ1) is 26.4. The van der Waals surface area contributed by atoms with Gasteiger partial charge in [-0.2, -0.15) is 5.10 Å². The number of nitrogens with zero attached hydrogens (tertiary/aromatic N) is 3. The number of halogens is 4. The lowest BCUT2D eigenvalue weighted by Crippen LogP contribution is -2.29. The number of nitrogens with one attached hydrogen (secondary N) is 3. The average molecular weight is 558 g/mol. The zero-order valence-corrected chi connectivity index (χ0v) is 20.2. The number of ether oxygens (including phenoxy) is 2. The van der Waals surface area contributed by atoms with E-state index in [9.17, 15) is 31.9 Å². The van der Waals surface area contributed by atoms with Crippen LogP contribution in [0.4, 0.5) is 23.2 Å². The molecule has 11 nitrogen and oxygen atoms in total. The molecular weight excluding hydrogens is 540 g/mol. The van der Waals surface area contributed by atoms with Crippen molar-refractivity contribution in [2.24, 2.45) is 0 Å². The van der Waals surface area contributed by atoms with Crippen molar-refractivity contribution in [3.8, 4) is 11.5 Å². The number of aromatic nitrogens is 3. The van der Waals surface area contributed by atoms with Crippen molar-refractivity contribution < 1.29 is 41.4 Å². The molecule has 3 amide bonds. The molecule has 3 heterocycles. The fraction of sp³-hybridized carbons (Fsp3) is 0.160. The van der Waals surface area contributed by atoms with Gasteiger partial charge in [-0.25, -0.2) is 13.9 Å². The Kier molecular flexibility index (Phi) is 6.94. The Hall–Kier alpha value is -5.21. The van der Waals surface area contributed by atoms with E-state index in [1.807, 2.05) is 0 Å². The topological polar surface area (TPSA) is 136 Å². The van der Waals surface area contributed by atoms with Gasteiger partial charge in [-0.15, -0.1) is 13.2 Å². The molecule has 0 fully saturated rings. The van der Waals surface area contributed by atoms with Crippen LogP contribution >= 0.6 is 0 Å². The Morgan fingerprint density at radius 3 is 2.48 bits per heavy atom. The molecule has 0 bridgehead atoms. The maximum atomic E-state index is 14.3. The van der Waals surface area contributed by atoms with E-state index in [1.54, 1.807) is 18.2 Å². The lowest BCUT2D eigenvalue weighted by molar-refractivity contribution is -0.274. The van der Waals surface area contributed by atoms with Gasteiger partial charge in [-0.1, -0.05) is 18.2 Å². The predicted octanol–water partition coefficient (Wildman–Crippen LogP) is 2.96. The van der Waals surface area contributed by atoms with Gasteiger partial charge in [0, 0.05) is 19.2 Å². The van der Waals surface area contributed by atoms with Gasteiger partial charge in [-0.05, 0) is 35.4 Å². The quantitative estimate of drug-likeness (QED) is 0.297. The lowest BCUT2D eigenvalue weighted by Gasteiger charge is -2.18. The normalized spacial score (nSPS) is 12.8. The van der Waals surface area contributed by atoms with Gasteiger partial charge in [0.2, 0.25) is 0 Å². The van der Waals surface area contributed by atoms with Gasteiger partial charge in [0.15, 0.2) is 18.1 Å². The Morgan fingerprint density at radius 2 is 1.73 bits per heavy atom. The number of hydrogen-bond donors (Lipinski definition) is 3. The summed E-state index contributed by atoms with van der Waals surface area (Å²) < 4.78 is 61.4. The van der Waals surface area contributed by atoms with Gasteiger partial charge < -0.3 is 25.4 Å². The van der Waals surface area contributed by atoms with Crippen molar-refractivity contribution in [3.63, 3.8) is 0 Å². The summed E-state index contributed by atoms with van der Waals surface area (Å²) in [5, 5.41) is 11.6. The summed E-state index contributed by atoms with van der Waals surface area (Å²) >= 11 is 0. The standard InChI is InChI=1S/C25H18F4N6O5/c26-16-11-32-35-19(24(38)31-9-13-1-4-15(5-2-13)40-25(27,28)29)8-18(34-22(16)35)23(37)30-10-14-3-6-20-17(7-14)33-21(36)12-39-20/h1-8,11H,9-10,12H2,(H,30,37)(H,31,38)(H,33,36). The van der Waals surface area contributed by atoms with Crippen LogP contribution in [-0.4, -0.2) is 45.3 Å². The fourth-order valence-corrected chi connectivity index (χ4v) is 3.81. The largest absolute Gasteiger partial charge is 0.573 e. The van der Waals surface area contributed by atoms with E-state index in [2.05, 4.69) is 30.8 Å². The molecule has 206 valence electrons. The Morgan fingerprint density at radius 1 is 1.02 bits per heavy atom. The highest BCUT2D eigenvalue weighted by Gasteiger charge is 2.31. The van der Waals surface area contributed by atoms with Gasteiger partial charge in [0.1, 0.15) is 22.9 Å². The third kappa shape index (κ3) is 5.92. The zero-order valence-electron chi connectivity index (χ0n) is 20.2. The van der Waals surface area contributed by atoms with Crippen molar-refractivity contribution in [1.82, 2.24) is 25.2 Å². The van der Waals surface area contributed by atoms with Crippen LogP contribution in [0.3, 0.4) is 0 Å². The number of carbonyl (C=O) groups is 3. The number of hydrogen-bond acceptors (Lipinski definition) is 7. The molecule has 0 atom stereocenters. The van der Waals surface area contributed by atoms with Crippen LogP contribution in [-0.2, 0) is 17.9 Å². The molecule has 40 heavy (non-hydrogen) atoms. The SMILES string of the molecule is O=C1COc2ccc(CNC(=O)c3cc(C(=O)NCc4ccc(OC(F)(F)F)cc4)n4ncc(F)c4n3)cc2N1. The second kappa shape index (κ2) is 10.5. The monoisotopic (exact) mass is 558 g/mol. The van der Waals surface area contributed by atoms with Crippen molar-refractivity contribution in [1.29, 1.82) is 0 Å². The molecule has 3 N–H and O–H groups in total. The van der Waals surface area contributed by atoms with Gasteiger partial charge in [0.05, 0.1) is 11.9 Å². The van der Waals surface area contributed by atoms with Crippen LogP contribution in [0.2, 0.25) is 0 Å². The minimum atomic E-state index is -4.83. The van der Waals surface area contributed by atoms with Crippen LogP contribution in [0.15, 0.2) is 54.7 Å². The summed E-state index contributed by atoms with van der Waals surface area (Å²) in [4.78, 5) is 41.3. The first-order valence-electron chi connectivity index (χ1n) is 11.6. The van der Waals surface area contributed by atoms with Crippen LogP contribution < -0.4 is 25.4 Å². The van der Waals surface area contributed by atoms with Crippen LogP contribution in [0.25, 0.3) is 5.65 Å². The van der Waals surface area contributed by atoms with E-state index in [-0.39, 0.29) is 42.6 Å². The molecule has 2 aromatic carbocycles. The van der Waals surface area contributed by atoms with Crippen molar-refractivity contribution in [2.45, 2.75) is 19.5 Å². The third-order valence-electron chi connectivity index (χ3n) is 5.63. The molecule has 0 aliphatic carbocycles. The van der Waals surface area contributed by atoms with E-state index in [0.717, 1.165) is 28.9 Å². The molecule has 1 aliphatic heterocycles. The van der Waals surface area contributed by atoms with E-state index in [4.69, 9.17) is 4.74 Å². The lowest BCUT2D eigenvalue weighted by atomic mass is 10.1. The second-order valence-electron chi connectivity index (χ2n) is 8.48. The van der Waals surface area contributed by atoms with E-state index < -0.39 is 29.7 Å².